The normalized spacial score (nSPS) is 10.4. The fourth-order valence-electron chi connectivity index (χ4n) is 0.971. The van der Waals surface area contributed by atoms with E-state index in [1.165, 1.54) is 10.1 Å². The molecule has 0 nitrogen and oxygen atoms in total. The van der Waals surface area contributed by atoms with Crippen LogP contribution >= 0.6 is 11.3 Å². The van der Waals surface area contributed by atoms with Gasteiger partial charge in [0, 0.05) is 4.70 Å². The summed E-state index contributed by atoms with van der Waals surface area (Å²) in [5.41, 5.74) is 0.843. The smallest absolute Gasteiger partial charge is 0.113 e. The van der Waals surface area contributed by atoms with E-state index < -0.39 is 0 Å². The zero-order valence-electron chi connectivity index (χ0n) is 5.37. The Kier molecular flexibility index (Phi) is 1.28. The predicted molar refractivity (Wildman–Crippen MR) is 47.2 cm³/mol. The first kappa shape index (κ1) is 5.99. The molecule has 10 heavy (non-hydrogen) atoms. The van der Waals surface area contributed by atoms with Gasteiger partial charge in [-0.1, -0.05) is 23.7 Å². The summed E-state index contributed by atoms with van der Waals surface area (Å²) >= 11 is 1.72. The van der Waals surface area contributed by atoms with Crippen molar-refractivity contribution in [2.45, 2.75) is 0 Å². The minimum absolute atomic E-state index is 0.843. The van der Waals surface area contributed by atoms with Crippen molar-refractivity contribution in [1.29, 1.82) is 0 Å². The SMILES string of the molecule is [B]c1ccc2ccsc2c1. The Bertz CT molecular complexity index is 351. The molecule has 46 valence electrons. The average molecular weight is 144 g/mol. The Morgan fingerprint density at radius 2 is 2.10 bits per heavy atom. The molecular weight excluding hydrogens is 139 g/mol. The molecule has 0 saturated carbocycles. The monoisotopic (exact) mass is 144 g/mol. The van der Waals surface area contributed by atoms with Gasteiger partial charge in [-0.3, -0.25) is 0 Å². The van der Waals surface area contributed by atoms with Crippen molar-refractivity contribution in [3.63, 3.8) is 0 Å². The first-order chi connectivity index (χ1) is 4.86. The first-order valence-electron chi connectivity index (χ1n) is 3.09. The minimum Gasteiger partial charge on any atom is -0.144 e. The number of rotatable bonds is 0. The highest BCUT2D eigenvalue weighted by Gasteiger charge is 1.91. The number of hydrogen-bond donors (Lipinski definition) is 0. The molecule has 1 aromatic heterocycles. The molecule has 1 aromatic carbocycles. The van der Waals surface area contributed by atoms with Crippen LogP contribution in [0.4, 0.5) is 0 Å². The van der Waals surface area contributed by atoms with Crippen LogP contribution < -0.4 is 5.46 Å². The van der Waals surface area contributed by atoms with Crippen LogP contribution in [0.5, 0.6) is 0 Å². The quantitative estimate of drug-likeness (QED) is 0.493. The van der Waals surface area contributed by atoms with Gasteiger partial charge in [-0.2, -0.15) is 0 Å². The summed E-state index contributed by atoms with van der Waals surface area (Å²) in [6, 6.07) is 8.07. The van der Waals surface area contributed by atoms with E-state index in [9.17, 15) is 0 Å². The molecule has 2 radical (unpaired) electrons. The molecule has 0 fully saturated rings. The lowest BCUT2D eigenvalue weighted by Gasteiger charge is -1.90. The number of benzene rings is 1. The van der Waals surface area contributed by atoms with Gasteiger partial charge in [-0.15, -0.1) is 11.3 Å². The lowest BCUT2D eigenvalue weighted by atomic mass is 9.96. The molecule has 0 bridgehead atoms. The van der Waals surface area contributed by atoms with Crippen molar-refractivity contribution in [2.75, 3.05) is 0 Å². The molecule has 0 spiro atoms. The maximum Gasteiger partial charge on any atom is 0.113 e. The molecule has 0 atom stereocenters. The third-order valence-corrected chi connectivity index (χ3v) is 2.36. The van der Waals surface area contributed by atoms with E-state index in [1.54, 1.807) is 11.3 Å². The first-order valence-corrected chi connectivity index (χ1v) is 3.97. The highest BCUT2D eigenvalue weighted by atomic mass is 32.1. The van der Waals surface area contributed by atoms with E-state index >= 15 is 0 Å². The highest BCUT2D eigenvalue weighted by Crippen LogP contribution is 2.17. The van der Waals surface area contributed by atoms with Gasteiger partial charge in [-0.25, -0.2) is 0 Å². The Morgan fingerprint density at radius 3 is 3.00 bits per heavy atom. The molecule has 0 saturated heterocycles. The Labute approximate surface area is 64.9 Å². The van der Waals surface area contributed by atoms with Gasteiger partial charge in [0.1, 0.15) is 7.85 Å². The molecule has 0 N–H and O–H groups in total. The van der Waals surface area contributed by atoms with Crippen LogP contribution in [0.2, 0.25) is 0 Å². The summed E-state index contributed by atoms with van der Waals surface area (Å²) in [4.78, 5) is 0. The summed E-state index contributed by atoms with van der Waals surface area (Å²) in [7, 11) is 5.59. The molecular formula is C8H5BS. The van der Waals surface area contributed by atoms with Gasteiger partial charge >= 0.3 is 0 Å². The predicted octanol–water partition coefficient (Wildman–Crippen LogP) is 1.70. The number of thiophene rings is 1. The minimum atomic E-state index is 0.843. The van der Waals surface area contributed by atoms with E-state index in [0.29, 0.717) is 0 Å². The molecule has 2 aromatic rings. The van der Waals surface area contributed by atoms with Gasteiger partial charge in [-0.05, 0) is 16.8 Å². The topological polar surface area (TPSA) is 0 Å². The molecule has 0 unspecified atom stereocenters. The third-order valence-electron chi connectivity index (χ3n) is 1.48. The molecule has 0 aliphatic heterocycles. The fraction of sp³-hybridized carbons (Fsp3) is 0. The largest absolute Gasteiger partial charge is 0.144 e. The lowest BCUT2D eigenvalue weighted by molar-refractivity contribution is 1.93. The number of hydrogen-bond acceptors (Lipinski definition) is 1. The van der Waals surface area contributed by atoms with Crippen LogP contribution in [0.15, 0.2) is 29.6 Å². The molecule has 2 heteroatoms. The van der Waals surface area contributed by atoms with Crippen molar-refractivity contribution in [3.8, 4) is 0 Å². The Morgan fingerprint density at radius 1 is 1.20 bits per heavy atom. The average Bonchev–Trinajstić information content (AvgIpc) is 2.33. The Balaban J connectivity index is 2.86. The van der Waals surface area contributed by atoms with E-state index in [2.05, 4.69) is 11.4 Å². The second-order valence-electron chi connectivity index (χ2n) is 2.22. The van der Waals surface area contributed by atoms with Crippen LogP contribution in [0.3, 0.4) is 0 Å². The van der Waals surface area contributed by atoms with E-state index in [0.717, 1.165) is 5.46 Å². The van der Waals surface area contributed by atoms with Gasteiger partial charge < -0.3 is 0 Å². The van der Waals surface area contributed by atoms with Gasteiger partial charge in [0.15, 0.2) is 0 Å². The molecule has 0 aliphatic carbocycles. The van der Waals surface area contributed by atoms with Crippen molar-refractivity contribution < 1.29 is 0 Å². The van der Waals surface area contributed by atoms with Gasteiger partial charge in [0.2, 0.25) is 0 Å². The zero-order valence-corrected chi connectivity index (χ0v) is 6.19. The standard InChI is InChI=1S/C8H5BS/c9-7-2-1-6-3-4-10-8(6)5-7/h1-5H. The van der Waals surface area contributed by atoms with Crippen LogP contribution in [0.25, 0.3) is 10.1 Å². The van der Waals surface area contributed by atoms with E-state index in [4.69, 9.17) is 7.85 Å². The maximum atomic E-state index is 5.59. The molecule has 2 rings (SSSR count). The van der Waals surface area contributed by atoms with Crippen molar-refractivity contribution in [2.24, 2.45) is 0 Å². The molecule has 0 aliphatic rings. The van der Waals surface area contributed by atoms with E-state index in [-0.39, 0.29) is 0 Å². The van der Waals surface area contributed by atoms with Gasteiger partial charge in [0.05, 0.1) is 0 Å². The van der Waals surface area contributed by atoms with Crippen LogP contribution in [0, 0.1) is 0 Å². The summed E-state index contributed by atoms with van der Waals surface area (Å²) in [6.45, 7) is 0. The lowest BCUT2D eigenvalue weighted by Crippen LogP contribution is -1.98. The third kappa shape index (κ3) is 0.849. The highest BCUT2D eigenvalue weighted by molar-refractivity contribution is 7.17. The summed E-state index contributed by atoms with van der Waals surface area (Å²) in [6.07, 6.45) is 0. The number of fused-ring (bicyclic) bond motifs is 1. The van der Waals surface area contributed by atoms with Crippen LogP contribution in [-0.4, -0.2) is 7.85 Å². The van der Waals surface area contributed by atoms with E-state index in [1.807, 2.05) is 18.2 Å². The van der Waals surface area contributed by atoms with Crippen LogP contribution in [-0.2, 0) is 0 Å². The zero-order chi connectivity index (χ0) is 6.97. The molecule has 1 heterocycles. The van der Waals surface area contributed by atoms with Crippen molar-refractivity contribution in [3.05, 3.63) is 29.6 Å². The summed E-state index contributed by atoms with van der Waals surface area (Å²) in [5.74, 6) is 0. The van der Waals surface area contributed by atoms with Crippen LogP contribution in [0.1, 0.15) is 0 Å². The second-order valence-corrected chi connectivity index (χ2v) is 3.17. The Hall–Kier alpha value is -0.755. The summed E-state index contributed by atoms with van der Waals surface area (Å²) in [5, 5.41) is 3.35. The van der Waals surface area contributed by atoms with Gasteiger partial charge in [0.25, 0.3) is 0 Å². The second kappa shape index (κ2) is 2.13. The van der Waals surface area contributed by atoms with Crippen molar-refractivity contribution in [1.82, 2.24) is 0 Å². The molecule has 0 amide bonds. The van der Waals surface area contributed by atoms with Crippen molar-refractivity contribution >= 4 is 34.7 Å². The summed E-state index contributed by atoms with van der Waals surface area (Å²) < 4.78 is 1.26. The fourth-order valence-corrected chi connectivity index (χ4v) is 1.81. The maximum absolute atomic E-state index is 5.59.